The van der Waals surface area contributed by atoms with Gasteiger partial charge in [-0.3, -0.25) is 4.79 Å². The van der Waals surface area contributed by atoms with E-state index in [4.69, 9.17) is 5.73 Å². The van der Waals surface area contributed by atoms with Gasteiger partial charge in [-0.15, -0.1) is 0 Å². The first kappa shape index (κ1) is 19.3. The maximum absolute atomic E-state index is 13.1. The fourth-order valence-electron chi connectivity index (χ4n) is 4.31. The second-order valence-electron chi connectivity index (χ2n) is 7.65. The summed E-state index contributed by atoms with van der Waals surface area (Å²) in [5.41, 5.74) is 9.42. The monoisotopic (exact) mass is 443 g/mol. The molecule has 28 heavy (non-hydrogen) atoms. The lowest BCUT2D eigenvalue weighted by molar-refractivity contribution is -0.132. The predicted octanol–water partition coefficient (Wildman–Crippen LogP) is 2.68. The van der Waals surface area contributed by atoms with Crippen molar-refractivity contribution in [2.75, 3.05) is 37.6 Å². The van der Waals surface area contributed by atoms with Gasteiger partial charge in [0.2, 0.25) is 5.91 Å². The van der Waals surface area contributed by atoms with Gasteiger partial charge in [0.05, 0.1) is 5.92 Å². The Morgan fingerprint density at radius 1 is 1.21 bits per heavy atom. The van der Waals surface area contributed by atoms with Gasteiger partial charge in [-0.1, -0.05) is 35.0 Å². The number of nitrogens with two attached hydrogens (primary N) is 1. The summed E-state index contributed by atoms with van der Waals surface area (Å²) in [4.78, 5) is 26.4. The van der Waals surface area contributed by atoms with Crippen LogP contribution in [0, 0.1) is 0 Å². The fraction of sp³-hybridized carbons (Fsp3) is 0.476. The lowest BCUT2D eigenvalue weighted by Crippen LogP contribution is -2.51. The van der Waals surface area contributed by atoms with Crippen molar-refractivity contribution < 1.29 is 4.79 Å². The van der Waals surface area contributed by atoms with Crippen molar-refractivity contribution in [2.45, 2.75) is 31.6 Å². The van der Waals surface area contributed by atoms with E-state index in [9.17, 15) is 4.79 Å². The maximum atomic E-state index is 13.1. The van der Waals surface area contributed by atoms with Crippen molar-refractivity contribution in [3.05, 3.63) is 51.9 Å². The molecule has 1 aliphatic heterocycles. The molecule has 0 bridgehead atoms. The molecule has 4 rings (SSSR count). The number of benzene rings is 1. The normalized spacial score (nSPS) is 20.2. The highest BCUT2D eigenvalue weighted by atomic mass is 79.9. The van der Waals surface area contributed by atoms with Crippen LogP contribution in [0.3, 0.4) is 0 Å². The van der Waals surface area contributed by atoms with Crippen LogP contribution >= 0.6 is 15.9 Å². The molecule has 148 valence electrons. The van der Waals surface area contributed by atoms with Gasteiger partial charge >= 0.3 is 0 Å². The van der Waals surface area contributed by atoms with Crippen LogP contribution in [0.1, 0.15) is 42.0 Å². The molecule has 0 spiro atoms. The minimum atomic E-state index is -0.289. The van der Waals surface area contributed by atoms with E-state index in [1.807, 2.05) is 29.2 Å². The third-order valence-corrected chi connectivity index (χ3v) is 6.48. The molecule has 2 aliphatic rings. The second-order valence-corrected chi connectivity index (χ2v) is 8.57. The van der Waals surface area contributed by atoms with Crippen LogP contribution in [0.15, 0.2) is 35.1 Å². The van der Waals surface area contributed by atoms with Gasteiger partial charge in [0.15, 0.2) is 0 Å². The first-order valence-electron chi connectivity index (χ1n) is 9.91. The second kappa shape index (κ2) is 8.17. The summed E-state index contributed by atoms with van der Waals surface area (Å²) in [5.74, 6) is 1.39. The Labute approximate surface area is 174 Å². The average Bonchev–Trinajstić information content (AvgIpc) is 3.11. The predicted molar refractivity (Wildman–Crippen MR) is 113 cm³/mol. The molecule has 1 aliphatic carbocycles. The zero-order chi connectivity index (χ0) is 19.7. The molecular formula is C21H26BrN5O. The zero-order valence-electron chi connectivity index (χ0n) is 16.1. The Morgan fingerprint density at radius 2 is 1.93 bits per heavy atom. The molecule has 7 heteroatoms. The maximum Gasteiger partial charge on any atom is 0.231 e. The smallest absolute Gasteiger partial charge is 0.231 e. The van der Waals surface area contributed by atoms with Crippen molar-refractivity contribution in [3.63, 3.8) is 0 Å². The summed E-state index contributed by atoms with van der Waals surface area (Å²) in [5, 5.41) is 0. The molecule has 2 heterocycles. The molecule has 1 fully saturated rings. The van der Waals surface area contributed by atoms with Crippen molar-refractivity contribution in [3.8, 4) is 0 Å². The van der Waals surface area contributed by atoms with E-state index in [0.717, 1.165) is 41.8 Å². The minimum absolute atomic E-state index is 0.116. The van der Waals surface area contributed by atoms with Crippen molar-refractivity contribution in [1.82, 2.24) is 14.9 Å². The number of piperazine rings is 1. The highest BCUT2D eigenvalue weighted by Gasteiger charge is 2.31. The average molecular weight is 444 g/mol. The number of rotatable bonds is 4. The third-order valence-electron chi connectivity index (χ3n) is 5.95. The topological polar surface area (TPSA) is 75.4 Å². The highest BCUT2D eigenvalue weighted by molar-refractivity contribution is 9.10. The number of fused-ring (bicyclic) bond motifs is 1. The fourth-order valence-corrected chi connectivity index (χ4v) is 4.57. The molecule has 0 unspecified atom stereocenters. The first-order chi connectivity index (χ1) is 13.6. The summed E-state index contributed by atoms with van der Waals surface area (Å²) in [6.07, 6.45) is 3.86. The number of carbonyl (C=O) groups is 1. The van der Waals surface area contributed by atoms with Gasteiger partial charge in [-0.2, -0.15) is 0 Å². The van der Waals surface area contributed by atoms with Gasteiger partial charge in [-0.25, -0.2) is 9.97 Å². The van der Waals surface area contributed by atoms with Crippen LogP contribution in [-0.4, -0.2) is 53.5 Å². The minimum Gasteiger partial charge on any atom is -0.353 e. The molecule has 2 aromatic rings. The van der Waals surface area contributed by atoms with Crippen molar-refractivity contribution >= 4 is 27.7 Å². The Hall–Kier alpha value is -1.99. The number of halogens is 1. The lowest BCUT2D eigenvalue weighted by Gasteiger charge is -2.37. The van der Waals surface area contributed by atoms with E-state index in [-0.39, 0.29) is 11.8 Å². The van der Waals surface area contributed by atoms with E-state index in [2.05, 4.69) is 37.7 Å². The van der Waals surface area contributed by atoms with Crippen LogP contribution < -0.4 is 10.6 Å². The largest absolute Gasteiger partial charge is 0.353 e. The van der Waals surface area contributed by atoms with Crippen LogP contribution in [0.4, 0.5) is 5.82 Å². The number of aryl methyl sites for hydroxylation is 1. The quantitative estimate of drug-likeness (QED) is 0.785. The molecule has 0 radical (unpaired) electrons. The number of aromatic nitrogens is 2. The molecular weight excluding hydrogens is 418 g/mol. The highest BCUT2D eigenvalue weighted by Crippen LogP contribution is 2.37. The molecule has 1 aromatic carbocycles. The number of nitrogens with zero attached hydrogens (tertiary/aromatic N) is 4. The Balaban J connectivity index is 1.45. The molecule has 2 N–H and O–H groups in total. The van der Waals surface area contributed by atoms with E-state index in [1.54, 1.807) is 6.33 Å². The number of anilines is 1. The SMILES string of the molecule is C[C@@H]1CCc2ncnc(N3CCN(C(=O)[C@H](CN)c4ccc(Br)cc4)CC3)c21. The van der Waals surface area contributed by atoms with Gasteiger partial charge in [0, 0.05) is 48.5 Å². The molecule has 1 amide bonds. The number of amides is 1. The van der Waals surface area contributed by atoms with Gasteiger partial charge < -0.3 is 15.5 Å². The Bertz CT molecular complexity index is 848. The van der Waals surface area contributed by atoms with E-state index in [0.29, 0.717) is 25.6 Å². The summed E-state index contributed by atoms with van der Waals surface area (Å²) < 4.78 is 1.000. The molecule has 2 atom stereocenters. The van der Waals surface area contributed by atoms with E-state index < -0.39 is 0 Å². The van der Waals surface area contributed by atoms with Crippen LogP contribution in [0.2, 0.25) is 0 Å². The van der Waals surface area contributed by atoms with Crippen molar-refractivity contribution in [2.24, 2.45) is 5.73 Å². The van der Waals surface area contributed by atoms with Crippen LogP contribution in [0.25, 0.3) is 0 Å². The standard InChI is InChI=1S/C21H26BrN5O/c1-14-2-7-18-19(14)20(25-13-24-18)26-8-10-27(11-9-26)21(28)17(12-23)15-3-5-16(22)6-4-15/h3-6,13-14,17H,2,7-12,23H2,1H3/t14-,17-/m1/s1. The lowest BCUT2D eigenvalue weighted by atomic mass is 9.97. The number of hydrogen-bond acceptors (Lipinski definition) is 5. The molecule has 0 saturated carbocycles. The summed E-state index contributed by atoms with van der Waals surface area (Å²) in [6.45, 7) is 5.54. The molecule has 1 aromatic heterocycles. The summed E-state index contributed by atoms with van der Waals surface area (Å²) in [6, 6.07) is 7.86. The van der Waals surface area contributed by atoms with Gasteiger partial charge in [-0.05, 0) is 36.5 Å². The van der Waals surface area contributed by atoms with Crippen molar-refractivity contribution in [1.29, 1.82) is 0 Å². The number of hydrogen-bond donors (Lipinski definition) is 1. The van der Waals surface area contributed by atoms with Crippen LogP contribution in [0.5, 0.6) is 0 Å². The zero-order valence-corrected chi connectivity index (χ0v) is 17.7. The number of carbonyl (C=O) groups excluding carboxylic acids is 1. The summed E-state index contributed by atoms with van der Waals surface area (Å²) in [7, 11) is 0. The van der Waals surface area contributed by atoms with Gasteiger partial charge in [0.1, 0.15) is 12.1 Å². The van der Waals surface area contributed by atoms with E-state index >= 15 is 0 Å². The van der Waals surface area contributed by atoms with Gasteiger partial charge in [0.25, 0.3) is 0 Å². The third kappa shape index (κ3) is 3.65. The van der Waals surface area contributed by atoms with Crippen LogP contribution in [-0.2, 0) is 11.2 Å². The Kier molecular flexibility index (Phi) is 5.64. The summed E-state index contributed by atoms with van der Waals surface area (Å²) >= 11 is 3.44. The molecule has 6 nitrogen and oxygen atoms in total. The Morgan fingerprint density at radius 3 is 2.61 bits per heavy atom. The van der Waals surface area contributed by atoms with E-state index in [1.165, 1.54) is 11.3 Å². The first-order valence-corrected chi connectivity index (χ1v) is 10.7. The molecule has 1 saturated heterocycles.